The molecule has 0 aliphatic carbocycles. The maximum Gasteiger partial charge on any atom is 0.178 e. The van der Waals surface area contributed by atoms with Crippen LogP contribution in [0.3, 0.4) is 0 Å². The van der Waals surface area contributed by atoms with E-state index in [4.69, 9.17) is 4.74 Å². The maximum atomic E-state index is 11.6. The van der Waals surface area contributed by atoms with Crippen molar-refractivity contribution in [3.05, 3.63) is 253 Å². The van der Waals surface area contributed by atoms with Crippen molar-refractivity contribution in [2.45, 2.75) is 19.3 Å². The van der Waals surface area contributed by atoms with Crippen molar-refractivity contribution in [2.75, 3.05) is 0 Å². The molecule has 1 aliphatic heterocycles. The first kappa shape index (κ1) is 43.3. The monoisotopic (exact) mass is 918 g/mol. The van der Waals surface area contributed by atoms with Crippen molar-refractivity contribution < 1.29 is 30.0 Å². The van der Waals surface area contributed by atoms with E-state index in [0.29, 0.717) is 0 Å². The maximum absolute atomic E-state index is 11.6. The normalized spacial score (nSPS) is 12.5. The number of ether oxygens (including phenoxy) is 1. The first-order valence-corrected chi connectivity index (χ1v) is 22.9. The van der Waals surface area contributed by atoms with Crippen molar-refractivity contribution in [1.29, 1.82) is 0 Å². The summed E-state index contributed by atoms with van der Waals surface area (Å²) in [5.74, 6) is 2.01. The Hall–Kier alpha value is -5.77. The van der Waals surface area contributed by atoms with E-state index in [9.17, 15) is 4.79 Å². The first-order chi connectivity index (χ1) is 29.5. The van der Waals surface area contributed by atoms with Gasteiger partial charge < -0.3 is 4.74 Å². The van der Waals surface area contributed by atoms with Crippen LogP contribution in [0.15, 0.2) is 231 Å². The Bertz CT molecular complexity index is 2440. The molecule has 5 heteroatoms. The Morgan fingerprint density at radius 2 is 0.705 bits per heavy atom. The fourth-order valence-corrected chi connectivity index (χ4v) is 12.3. The number of rotatable bonds is 10. The average molecular weight is 919 g/mol. The molecule has 302 valence electrons. The van der Waals surface area contributed by atoms with E-state index in [1.807, 2.05) is 72.8 Å². The van der Waals surface area contributed by atoms with Gasteiger partial charge in [0.05, 0.1) is 0 Å². The predicted octanol–water partition coefficient (Wildman–Crippen LogP) is 11.6. The SMILES string of the molecule is CC1(C)c2cccc(P(c3ccccc3)c3ccccc3)c2Oc2c(P(c3ccccc3)c3ccccc3)cccc21.O=C(/C=C\c1ccccc1)/C=C/c1ccccc1.[Pd]. The van der Waals surface area contributed by atoms with Gasteiger partial charge in [0.25, 0.3) is 0 Å². The van der Waals surface area contributed by atoms with Gasteiger partial charge in [0.1, 0.15) is 11.5 Å². The Morgan fingerprint density at radius 1 is 0.410 bits per heavy atom. The second-order valence-electron chi connectivity index (χ2n) is 14.9. The van der Waals surface area contributed by atoms with Crippen LogP contribution in [0.25, 0.3) is 12.2 Å². The molecule has 0 bridgehead atoms. The summed E-state index contributed by atoms with van der Waals surface area (Å²) in [7, 11) is -1.65. The molecular formula is C56H46O2P2Pd. The van der Waals surface area contributed by atoms with E-state index in [1.165, 1.54) is 43.0 Å². The van der Waals surface area contributed by atoms with Gasteiger partial charge in [0, 0.05) is 47.6 Å². The van der Waals surface area contributed by atoms with Crippen molar-refractivity contribution >= 4 is 65.6 Å². The quantitative estimate of drug-likeness (QED) is 0.0776. The molecule has 0 fully saturated rings. The second kappa shape index (κ2) is 20.7. The third-order valence-electron chi connectivity index (χ3n) is 10.6. The van der Waals surface area contributed by atoms with E-state index >= 15 is 0 Å². The van der Waals surface area contributed by atoms with Gasteiger partial charge >= 0.3 is 0 Å². The number of para-hydroxylation sites is 2. The first-order valence-electron chi connectivity index (χ1n) is 20.2. The zero-order chi connectivity index (χ0) is 41.2. The van der Waals surface area contributed by atoms with Crippen molar-refractivity contribution in [2.24, 2.45) is 0 Å². The van der Waals surface area contributed by atoms with Crippen LogP contribution < -0.4 is 36.6 Å². The summed E-state index contributed by atoms with van der Waals surface area (Å²) in [6.07, 6.45) is 6.79. The molecule has 0 amide bonds. The summed E-state index contributed by atoms with van der Waals surface area (Å²) < 4.78 is 7.26. The number of carbonyl (C=O) groups excluding carboxylic acids is 1. The molecule has 1 aliphatic rings. The Balaban J connectivity index is 0.000000249. The molecule has 0 aromatic heterocycles. The number of hydrogen-bond donors (Lipinski definition) is 0. The smallest absolute Gasteiger partial charge is 0.178 e. The van der Waals surface area contributed by atoms with Gasteiger partial charge in [0.2, 0.25) is 0 Å². The van der Waals surface area contributed by atoms with E-state index < -0.39 is 15.8 Å². The molecule has 0 N–H and O–H groups in total. The summed E-state index contributed by atoms with van der Waals surface area (Å²) in [6.45, 7) is 4.70. The summed E-state index contributed by atoms with van der Waals surface area (Å²) in [6, 6.07) is 76.7. The molecule has 0 saturated carbocycles. The van der Waals surface area contributed by atoms with E-state index in [0.717, 1.165) is 22.6 Å². The number of carbonyl (C=O) groups is 1. The molecule has 0 radical (unpaired) electrons. The van der Waals surface area contributed by atoms with Crippen molar-refractivity contribution in [3.63, 3.8) is 0 Å². The number of fused-ring (bicyclic) bond motifs is 2. The van der Waals surface area contributed by atoms with Gasteiger partial charge in [0.15, 0.2) is 5.78 Å². The Morgan fingerprint density at radius 3 is 1.02 bits per heavy atom. The summed E-state index contributed by atoms with van der Waals surface area (Å²) >= 11 is 0. The standard InChI is InChI=1S/C39H32OP2.C17H14O.Pd/c1-39(2)33-25-15-27-35(41(29-17-7-3-8-18-29)30-19-9-4-10-20-30)37(33)40-38-34(39)26-16-28-36(38)42(31-21-11-5-12-22-31)32-23-13-6-14-24-32;18-17(13-11-15-7-3-1-4-8-15)14-12-16-9-5-2-6-10-16;/h3-28H,1-2H3;1-14H;/b;13-11-,14-12+;. The minimum atomic E-state index is -0.824. The average Bonchev–Trinajstić information content (AvgIpc) is 3.31. The predicted molar refractivity (Wildman–Crippen MR) is 258 cm³/mol. The molecule has 61 heavy (non-hydrogen) atoms. The van der Waals surface area contributed by atoms with Crippen LogP contribution in [-0.4, -0.2) is 5.78 Å². The number of ketones is 1. The topological polar surface area (TPSA) is 26.3 Å². The number of benzene rings is 8. The van der Waals surface area contributed by atoms with Crippen LogP contribution in [-0.2, 0) is 30.6 Å². The summed E-state index contributed by atoms with van der Waals surface area (Å²) in [4.78, 5) is 11.6. The fraction of sp³-hybridized carbons (Fsp3) is 0.0536. The molecule has 2 nitrogen and oxygen atoms in total. The second-order valence-corrected chi connectivity index (χ2v) is 19.3. The fourth-order valence-electron chi connectivity index (χ4n) is 7.55. The molecule has 0 saturated heterocycles. The Labute approximate surface area is 376 Å². The minimum absolute atomic E-state index is 0. The van der Waals surface area contributed by atoms with Gasteiger partial charge in [-0.1, -0.05) is 244 Å². The molecule has 1 heterocycles. The zero-order valence-corrected chi connectivity index (χ0v) is 37.5. The Kier molecular flexibility index (Phi) is 14.7. The summed E-state index contributed by atoms with van der Waals surface area (Å²) in [5, 5.41) is 7.81. The van der Waals surface area contributed by atoms with Crippen molar-refractivity contribution in [3.8, 4) is 11.5 Å². The summed E-state index contributed by atoms with van der Waals surface area (Å²) in [5.41, 5.74) is 4.32. The molecule has 8 aromatic rings. The third-order valence-corrected chi connectivity index (χ3v) is 15.5. The van der Waals surface area contributed by atoms with Gasteiger partial charge in [-0.15, -0.1) is 0 Å². The zero-order valence-electron chi connectivity index (χ0n) is 34.1. The van der Waals surface area contributed by atoms with Gasteiger partial charge in [-0.05, 0) is 60.3 Å². The molecule has 8 aromatic carbocycles. The van der Waals surface area contributed by atoms with Crippen LogP contribution in [0.1, 0.15) is 36.1 Å². The van der Waals surface area contributed by atoms with E-state index in [1.54, 1.807) is 12.2 Å². The molecule has 0 unspecified atom stereocenters. The van der Waals surface area contributed by atoms with Crippen molar-refractivity contribution in [1.82, 2.24) is 0 Å². The van der Waals surface area contributed by atoms with Gasteiger partial charge in [-0.2, -0.15) is 0 Å². The van der Waals surface area contributed by atoms with Gasteiger partial charge in [-0.25, -0.2) is 0 Å². The third kappa shape index (κ3) is 10.2. The molecule has 0 atom stereocenters. The van der Waals surface area contributed by atoms with Crippen LogP contribution in [0.5, 0.6) is 11.5 Å². The molecule has 0 spiro atoms. The number of allylic oxidation sites excluding steroid dienone is 2. The van der Waals surface area contributed by atoms with Crippen LogP contribution >= 0.6 is 15.8 Å². The molecule has 9 rings (SSSR count). The largest absolute Gasteiger partial charge is 0.455 e. The molecular weight excluding hydrogens is 873 g/mol. The number of hydrogen-bond acceptors (Lipinski definition) is 2. The van der Waals surface area contributed by atoms with E-state index in [2.05, 4.69) is 172 Å². The van der Waals surface area contributed by atoms with Crippen LogP contribution in [0, 0.1) is 0 Å². The minimum Gasteiger partial charge on any atom is -0.455 e. The van der Waals surface area contributed by atoms with Crippen LogP contribution in [0.2, 0.25) is 0 Å². The van der Waals surface area contributed by atoms with Crippen LogP contribution in [0.4, 0.5) is 0 Å². The van der Waals surface area contributed by atoms with E-state index in [-0.39, 0.29) is 31.6 Å². The van der Waals surface area contributed by atoms with Gasteiger partial charge in [-0.3, -0.25) is 4.79 Å².